The van der Waals surface area contributed by atoms with E-state index in [9.17, 15) is 14.7 Å². The molecule has 6 nitrogen and oxygen atoms in total. The summed E-state index contributed by atoms with van der Waals surface area (Å²) in [6, 6.07) is 8.66. The molecule has 0 bridgehead atoms. The Hall–Kier alpha value is -2.76. The summed E-state index contributed by atoms with van der Waals surface area (Å²) < 4.78 is 14.8. The smallest absolute Gasteiger partial charge is 0.377 e. The molecule has 6 heteroatoms. The van der Waals surface area contributed by atoms with Crippen LogP contribution < -0.4 is 4.74 Å². The number of carboxylic acids is 1. The van der Waals surface area contributed by atoms with Crippen molar-refractivity contribution in [2.24, 2.45) is 0 Å². The molecule has 2 rings (SSSR count). The topological polar surface area (TPSA) is 86.0 Å². The molecule has 0 amide bonds. The van der Waals surface area contributed by atoms with Crippen LogP contribution >= 0.6 is 0 Å². The molecule has 0 spiro atoms. The Labute approximate surface area is 114 Å². The molecule has 0 fully saturated rings. The Morgan fingerprint density at radius 3 is 2.25 bits per heavy atom. The summed E-state index contributed by atoms with van der Waals surface area (Å²) in [5.74, 6) is -2.69. The van der Waals surface area contributed by atoms with E-state index >= 15 is 0 Å². The van der Waals surface area contributed by atoms with Gasteiger partial charge in [-0.25, -0.2) is 9.59 Å². The lowest BCUT2D eigenvalue weighted by Gasteiger charge is -2.04. The van der Waals surface area contributed by atoms with Crippen molar-refractivity contribution < 1.29 is 28.6 Å². The highest BCUT2D eigenvalue weighted by molar-refractivity contribution is 6.01. The molecule has 104 valence electrons. The molecule has 0 aliphatic carbocycles. The Kier molecular flexibility index (Phi) is 3.74. The average Bonchev–Trinajstić information content (AvgIpc) is 2.86. The molecule has 0 atom stereocenters. The number of carboxylic acid groups (broad SMARTS) is 1. The number of benzene rings is 1. The second kappa shape index (κ2) is 5.48. The van der Waals surface area contributed by atoms with Crippen molar-refractivity contribution in [1.82, 2.24) is 0 Å². The van der Waals surface area contributed by atoms with Crippen molar-refractivity contribution in [1.29, 1.82) is 0 Å². The van der Waals surface area contributed by atoms with E-state index in [0.717, 1.165) is 0 Å². The molecular formula is C14H12O6. The van der Waals surface area contributed by atoms with E-state index in [1.807, 2.05) is 0 Å². The van der Waals surface area contributed by atoms with Gasteiger partial charge >= 0.3 is 11.9 Å². The first-order chi connectivity index (χ1) is 9.60. The van der Waals surface area contributed by atoms with Crippen LogP contribution in [-0.2, 0) is 4.74 Å². The number of furan rings is 1. The van der Waals surface area contributed by atoms with Gasteiger partial charge < -0.3 is 19.0 Å². The number of carbonyl (C=O) groups is 2. The van der Waals surface area contributed by atoms with Gasteiger partial charge in [-0.1, -0.05) is 30.3 Å². The van der Waals surface area contributed by atoms with Gasteiger partial charge in [-0.15, -0.1) is 0 Å². The van der Waals surface area contributed by atoms with E-state index in [1.165, 1.54) is 14.2 Å². The van der Waals surface area contributed by atoms with Gasteiger partial charge in [0.25, 0.3) is 5.76 Å². The van der Waals surface area contributed by atoms with Gasteiger partial charge in [-0.2, -0.15) is 0 Å². The highest BCUT2D eigenvalue weighted by Crippen LogP contribution is 2.39. The summed E-state index contributed by atoms with van der Waals surface area (Å²) in [5.41, 5.74) is 0.779. The third-order valence-corrected chi connectivity index (χ3v) is 2.70. The van der Waals surface area contributed by atoms with Crippen molar-refractivity contribution in [3.05, 3.63) is 41.9 Å². The molecule has 0 radical (unpaired) electrons. The molecule has 0 saturated carbocycles. The van der Waals surface area contributed by atoms with Crippen LogP contribution in [0.25, 0.3) is 11.1 Å². The van der Waals surface area contributed by atoms with Crippen molar-refractivity contribution in [2.45, 2.75) is 0 Å². The molecule has 0 aliphatic heterocycles. The van der Waals surface area contributed by atoms with Crippen LogP contribution in [0.3, 0.4) is 0 Å². The summed E-state index contributed by atoms with van der Waals surface area (Å²) in [5, 5.41) is 9.21. The molecule has 1 aromatic carbocycles. The number of hydrogen-bond acceptors (Lipinski definition) is 5. The molecule has 1 aromatic heterocycles. The van der Waals surface area contributed by atoms with E-state index in [0.29, 0.717) is 5.56 Å². The standard InChI is InChI=1S/C14H12O6/c1-18-10-9(8-6-4-3-5-7-8)11(13(15)16)20-12(10)14(17)19-2/h3-7H,1-2H3,(H,15,16). The minimum absolute atomic E-state index is 0.0421. The predicted molar refractivity (Wildman–Crippen MR) is 69.0 cm³/mol. The van der Waals surface area contributed by atoms with E-state index < -0.39 is 11.9 Å². The summed E-state index contributed by atoms with van der Waals surface area (Å²) in [6.07, 6.45) is 0. The molecule has 1 N–H and O–H groups in total. The van der Waals surface area contributed by atoms with Gasteiger partial charge in [0.1, 0.15) is 0 Å². The zero-order valence-corrected chi connectivity index (χ0v) is 10.9. The summed E-state index contributed by atoms with van der Waals surface area (Å²) in [6.45, 7) is 0. The highest BCUT2D eigenvalue weighted by Gasteiger charge is 2.30. The molecule has 0 aliphatic rings. The van der Waals surface area contributed by atoms with E-state index in [4.69, 9.17) is 9.15 Å². The van der Waals surface area contributed by atoms with Gasteiger partial charge in [0.15, 0.2) is 5.75 Å². The van der Waals surface area contributed by atoms with Gasteiger partial charge in [0.2, 0.25) is 5.76 Å². The minimum atomic E-state index is -1.29. The molecule has 0 unspecified atom stereocenters. The third kappa shape index (κ3) is 2.23. The number of hydrogen-bond donors (Lipinski definition) is 1. The van der Waals surface area contributed by atoms with Gasteiger partial charge in [0.05, 0.1) is 19.8 Å². The van der Waals surface area contributed by atoms with E-state index in [-0.39, 0.29) is 22.8 Å². The predicted octanol–water partition coefficient (Wildman–Crippen LogP) is 2.44. The van der Waals surface area contributed by atoms with Crippen molar-refractivity contribution in [2.75, 3.05) is 14.2 Å². The number of aromatic carboxylic acids is 1. The highest BCUT2D eigenvalue weighted by atomic mass is 16.5. The quantitative estimate of drug-likeness (QED) is 0.863. The maximum atomic E-state index is 11.6. The van der Waals surface area contributed by atoms with Crippen LogP contribution in [0, 0.1) is 0 Å². The maximum Gasteiger partial charge on any atom is 0.377 e. The first kappa shape index (κ1) is 13.7. The lowest BCUT2D eigenvalue weighted by atomic mass is 10.0. The molecular weight excluding hydrogens is 264 g/mol. The van der Waals surface area contributed by atoms with Crippen molar-refractivity contribution in [3.8, 4) is 16.9 Å². The van der Waals surface area contributed by atoms with E-state index in [1.54, 1.807) is 30.3 Å². The SMILES string of the molecule is COC(=O)c1oc(C(=O)O)c(-c2ccccc2)c1OC. The summed E-state index contributed by atoms with van der Waals surface area (Å²) >= 11 is 0. The Balaban J connectivity index is 2.73. The fourth-order valence-corrected chi connectivity index (χ4v) is 1.86. The van der Waals surface area contributed by atoms with Gasteiger partial charge in [0, 0.05) is 0 Å². The molecule has 2 aromatic rings. The Morgan fingerprint density at radius 1 is 1.10 bits per heavy atom. The zero-order chi connectivity index (χ0) is 14.7. The van der Waals surface area contributed by atoms with Crippen LogP contribution in [0.4, 0.5) is 0 Å². The number of carbonyl (C=O) groups excluding carboxylic acids is 1. The average molecular weight is 276 g/mol. The fourth-order valence-electron chi connectivity index (χ4n) is 1.86. The Morgan fingerprint density at radius 2 is 1.75 bits per heavy atom. The van der Waals surface area contributed by atoms with Crippen molar-refractivity contribution in [3.63, 3.8) is 0 Å². The van der Waals surface area contributed by atoms with E-state index in [2.05, 4.69) is 4.74 Å². The Bertz CT molecular complexity index is 641. The number of methoxy groups -OCH3 is 2. The first-order valence-corrected chi connectivity index (χ1v) is 5.68. The van der Waals surface area contributed by atoms with Crippen LogP contribution in [-0.4, -0.2) is 31.3 Å². The van der Waals surface area contributed by atoms with Crippen LogP contribution in [0.15, 0.2) is 34.7 Å². The number of esters is 1. The number of ether oxygens (including phenoxy) is 2. The molecule has 0 saturated heterocycles. The first-order valence-electron chi connectivity index (χ1n) is 5.68. The van der Waals surface area contributed by atoms with Gasteiger partial charge in [-0.05, 0) is 5.56 Å². The molecule has 20 heavy (non-hydrogen) atoms. The minimum Gasteiger partial charge on any atom is -0.492 e. The largest absolute Gasteiger partial charge is 0.492 e. The van der Waals surface area contributed by atoms with Crippen LogP contribution in [0.1, 0.15) is 21.1 Å². The van der Waals surface area contributed by atoms with Crippen LogP contribution in [0.2, 0.25) is 0 Å². The number of rotatable bonds is 4. The molecule has 1 heterocycles. The van der Waals surface area contributed by atoms with Crippen LogP contribution in [0.5, 0.6) is 5.75 Å². The second-order valence-corrected chi connectivity index (χ2v) is 3.83. The van der Waals surface area contributed by atoms with Gasteiger partial charge in [-0.3, -0.25) is 0 Å². The monoisotopic (exact) mass is 276 g/mol. The maximum absolute atomic E-state index is 11.6. The lowest BCUT2D eigenvalue weighted by molar-refractivity contribution is 0.0551. The second-order valence-electron chi connectivity index (χ2n) is 3.83. The van der Waals surface area contributed by atoms with Crippen molar-refractivity contribution >= 4 is 11.9 Å². The summed E-state index contributed by atoms with van der Waals surface area (Å²) in [7, 11) is 2.50. The third-order valence-electron chi connectivity index (χ3n) is 2.70. The lowest BCUT2D eigenvalue weighted by Crippen LogP contribution is -2.01. The zero-order valence-electron chi connectivity index (χ0n) is 10.9. The normalized spacial score (nSPS) is 10.1. The summed E-state index contributed by atoms with van der Waals surface area (Å²) in [4.78, 5) is 22.9. The fraction of sp³-hybridized carbons (Fsp3) is 0.143.